The molecule has 1 aromatic carbocycles. The summed E-state index contributed by atoms with van der Waals surface area (Å²) in [5.74, 6) is -0.571. The number of hydrogen-bond donors (Lipinski definition) is 3. The van der Waals surface area contributed by atoms with Crippen molar-refractivity contribution in [2.24, 2.45) is 11.8 Å². The van der Waals surface area contributed by atoms with Crippen molar-refractivity contribution in [1.82, 2.24) is 10.6 Å². The molecule has 6 heteroatoms. The summed E-state index contributed by atoms with van der Waals surface area (Å²) in [5, 5.41) is 15.1. The fourth-order valence-corrected chi connectivity index (χ4v) is 2.10. The Morgan fingerprint density at radius 1 is 1.22 bits per heavy atom. The van der Waals surface area contributed by atoms with Crippen molar-refractivity contribution in [3.05, 3.63) is 34.9 Å². The Bertz CT molecular complexity index is 519. The molecule has 0 saturated carbocycles. The summed E-state index contributed by atoms with van der Waals surface area (Å²) in [6.07, 6.45) is 0.758. The third-order valence-corrected chi connectivity index (χ3v) is 4.08. The highest BCUT2D eigenvalue weighted by molar-refractivity contribution is 6.30. The van der Waals surface area contributed by atoms with Gasteiger partial charge in [-0.3, -0.25) is 9.59 Å². The molecule has 0 aliphatic heterocycles. The zero-order valence-electron chi connectivity index (χ0n) is 13.8. The van der Waals surface area contributed by atoms with Gasteiger partial charge in [-0.25, -0.2) is 0 Å². The highest BCUT2D eigenvalue weighted by Gasteiger charge is 2.26. The van der Waals surface area contributed by atoms with Crippen LogP contribution in [0.15, 0.2) is 24.3 Å². The predicted octanol–water partition coefficient (Wildman–Crippen LogP) is 2.23. The zero-order chi connectivity index (χ0) is 17.4. The monoisotopic (exact) mass is 340 g/mol. The van der Waals surface area contributed by atoms with Gasteiger partial charge >= 0.3 is 0 Å². The molecule has 0 fully saturated rings. The van der Waals surface area contributed by atoms with Crippen LogP contribution in [0.3, 0.4) is 0 Å². The maximum atomic E-state index is 12.4. The molecule has 23 heavy (non-hydrogen) atoms. The number of carbonyl (C=O) groups is 2. The van der Waals surface area contributed by atoms with Crippen LogP contribution in [0.25, 0.3) is 0 Å². The molecule has 1 aromatic rings. The molecule has 3 unspecified atom stereocenters. The van der Waals surface area contributed by atoms with E-state index in [1.807, 2.05) is 20.8 Å². The van der Waals surface area contributed by atoms with Gasteiger partial charge in [0, 0.05) is 23.7 Å². The van der Waals surface area contributed by atoms with Crippen molar-refractivity contribution in [3.8, 4) is 0 Å². The van der Waals surface area contributed by atoms with Gasteiger partial charge in [0.05, 0.1) is 0 Å². The fourth-order valence-electron chi connectivity index (χ4n) is 1.98. The summed E-state index contributed by atoms with van der Waals surface area (Å²) in [7, 11) is 0. The smallest absolute Gasteiger partial charge is 0.251 e. The van der Waals surface area contributed by atoms with E-state index in [0.29, 0.717) is 17.1 Å². The summed E-state index contributed by atoms with van der Waals surface area (Å²) in [4.78, 5) is 24.7. The molecule has 128 valence electrons. The number of halogens is 1. The first kappa shape index (κ1) is 19.5. The van der Waals surface area contributed by atoms with Crippen LogP contribution in [-0.2, 0) is 4.79 Å². The first-order valence-electron chi connectivity index (χ1n) is 7.84. The molecule has 0 heterocycles. The van der Waals surface area contributed by atoms with E-state index in [0.717, 1.165) is 6.42 Å². The van der Waals surface area contributed by atoms with E-state index in [1.54, 1.807) is 24.3 Å². The Balaban J connectivity index is 2.75. The molecule has 0 aliphatic rings. The minimum Gasteiger partial charge on any atom is -0.396 e. The number of hydrogen-bond acceptors (Lipinski definition) is 3. The van der Waals surface area contributed by atoms with Crippen LogP contribution in [0, 0.1) is 11.8 Å². The molecule has 5 nitrogen and oxygen atoms in total. The maximum Gasteiger partial charge on any atom is 0.251 e. The van der Waals surface area contributed by atoms with Crippen LogP contribution in [0.1, 0.15) is 37.6 Å². The minimum absolute atomic E-state index is 0.00400. The molecule has 0 aromatic heterocycles. The van der Waals surface area contributed by atoms with Gasteiger partial charge in [0.25, 0.3) is 5.91 Å². The Labute approximate surface area is 142 Å². The number of rotatable bonds is 8. The quantitative estimate of drug-likeness (QED) is 0.679. The van der Waals surface area contributed by atoms with Crippen molar-refractivity contribution in [2.45, 2.75) is 33.2 Å². The Morgan fingerprint density at radius 2 is 1.83 bits per heavy atom. The van der Waals surface area contributed by atoms with E-state index < -0.39 is 6.04 Å². The number of aliphatic hydroxyl groups excluding tert-OH is 1. The van der Waals surface area contributed by atoms with Crippen LogP contribution < -0.4 is 10.6 Å². The predicted molar refractivity (Wildman–Crippen MR) is 91.4 cm³/mol. The fraction of sp³-hybridized carbons (Fsp3) is 0.529. The maximum absolute atomic E-state index is 12.4. The normalized spacial score (nSPS) is 14.7. The number of aliphatic hydroxyl groups is 1. The van der Waals surface area contributed by atoms with Crippen molar-refractivity contribution in [3.63, 3.8) is 0 Å². The van der Waals surface area contributed by atoms with Gasteiger partial charge in [-0.1, -0.05) is 38.8 Å². The van der Waals surface area contributed by atoms with Gasteiger partial charge in [0.2, 0.25) is 5.91 Å². The van der Waals surface area contributed by atoms with Crippen LogP contribution in [-0.4, -0.2) is 36.1 Å². The SMILES string of the molecule is CCC(C)C(NC(=O)c1ccc(Cl)cc1)C(=O)NCC(C)CO. The van der Waals surface area contributed by atoms with E-state index in [-0.39, 0.29) is 30.3 Å². The van der Waals surface area contributed by atoms with Crippen LogP contribution in [0.5, 0.6) is 0 Å². The molecule has 1 rings (SSSR count). The summed E-state index contributed by atoms with van der Waals surface area (Å²) in [6.45, 7) is 6.10. The molecule has 3 atom stereocenters. The van der Waals surface area contributed by atoms with Crippen LogP contribution >= 0.6 is 11.6 Å². The molecule has 0 bridgehead atoms. The Hall–Kier alpha value is -1.59. The first-order valence-corrected chi connectivity index (χ1v) is 8.21. The van der Waals surface area contributed by atoms with Crippen molar-refractivity contribution >= 4 is 23.4 Å². The Kier molecular flexibility index (Phi) is 8.06. The van der Waals surface area contributed by atoms with Gasteiger partial charge in [0.15, 0.2) is 0 Å². The standard InChI is InChI=1S/C17H25ClN2O3/c1-4-12(3)15(17(23)19-9-11(2)10-21)20-16(22)13-5-7-14(18)8-6-13/h5-8,11-12,15,21H,4,9-10H2,1-3H3,(H,19,23)(H,20,22). The summed E-state index contributed by atoms with van der Waals surface area (Å²) < 4.78 is 0. The molecule has 0 radical (unpaired) electrons. The van der Waals surface area contributed by atoms with E-state index in [4.69, 9.17) is 16.7 Å². The topological polar surface area (TPSA) is 78.4 Å². The van der Waals surface area contributed by atoms with Gasteiger partial charge < -0.3 is 15.7 Å². The lowest BCUT2D eigenvalue weighted by molar-refractivity contribution is -0.124. The molecular weight excluding hydrogens is 316 g/mol. The highest BCUT2D eigenvalue weighted by Crippen LogP contribution is 2.12. The van der Waals surface area contributed by atoms with Gasteiger partial charge in [-0.15, -0.1) is 0 Å². The largest absolute Gasteiger partial charge is 0.396 e. The summed E-state index contributed by atoms with van der Waals surface area (Å²) in [5.41, 5.74) is 0.458. The second kappa shape index (κ2) is 9.53. The lowest BCUT2D eigenvalue weighted by Crippen LogP contribution is -2.51. The average molecular weight is 341 g/mol. The number of carbonyl (C=O) groups excluding carboxylic acids is 2. The van der Waals surface area contributed by atoms with E-state index in [2.05, 4.69) is 10.6 Å². The van der Waals surface area contributed by atoms with Gasteiger partial charge in [-0.2, -0.15) is 0 Å². The second-order valence-electron chi connectivity index (χ2n) is 5.88. The van der Waals surface area contributed by atoms with E-state index in [9.17, 15) is 9.59 Å². The number of amides is 2. The molecule has 0 saturated heterocycles. The third kappa shape index (κ3) is 6.20. The Morgan fingerprint density at radius 3 is 2.35 bits per heavy atom. The average Bonchev–Trinajstić information content (AvgIpc) is 2.56. The second-order valence-corrected chi connectivity index (χ2v) is 6.31. The summed E-state index contributed by atoms with van der Waals surface area (Å²) >= 11 is 5.81. The number of nitrogens with one attached hydrogen (secondary N) is 2. The van der Waals surface area contributed by atoms with Crippen molar-refractivity contribution in [2.75, 3.05) is 13.2 Å². The molecule has 0 spiro atoms. The van der Waals surface area contributed by atoms with E-state index in [1.165, 1.54) is 0 Å². The first-order chi connectivity index (χ1) is 10.9. The van der Waals surface area contributed by atoms with Crippen LogP contribution in [0.4, 0.5) is 0 Å². The third-order valence-electron chi connectivity index (χ3n) is 3.82. The lowest BCUT2D eigenvalue weighted by atomic mass is 9.97. The van der Waals surface area contributed by atoms with Crippen molar-refractivity contribution < 1.29 is 14.7 Å². The molecule has 3 N–H and O–H groups in total. The van der Waals surface area contributed by atoms with Crippen molar-refractivity contribution in [1.29, 1.82) is 0 Å². The molecule has 0 aliphatic carbocycles. The van der Waals surface area contributed by atoms with Gasteiger partial charge in [-0.05, 0) is 36.1 Å². The summed E-state index contributed by atoms with van der Waals surface area (Å²) in [6, 6.07) is 5.90. The zero-order valence-corrected chi connectivity index (χ0v) is 14.6. The van der Waals surface area contributed by atoms with E-state index >= 15 is 0 Å². The molecule has 2 amide bonds. The minimum atomic E-state index is -0.617. The lowest BCUT2D eigenvalue weighted by Gasteiger charge is -2.24. The van der Waals surface area contributed by atoms with Crippen LogP contribution in [0.2, 0.25) is 5.02 Å². The highest BCUT2D eigenvalue weighted by atomic mass is 35.5. The van der Waals surface area contributed by atoms with Gasteiger partial charge in [0.1, 0.15) is 6.04 Å². The number of benzene rings is 1. The molecular formula is C17H25ClN2O3.